The van der Waals surface area contributed by atoms with Gasteiger partial charge in [0.25, 0.3) is 0 Å². The first-order chi connectivity index (χ1) is 12.8. The maximum atomic E-state index is 4.71. The van der Waals surface area contributed by atoms with Gasteiger partial charge in [-0.1, -0.05) is 55.5 Å². The molecule has 0 amide bonds. The lowest BCUT2D eigenvalue weighted by atomic mass is 10.1. The van der Waals surface area contributed by atoms with Crippen molar-refractivity contribution in [1.82, 2.24) is 4.57 Å². The van der Waals surface area contributed by atoms with Gasteiger partial charge in [-0.05, 0) is 28.9 Å². The summed E-state index contributed by atoms with van der Waals surface area (Å²) in [4.78, 5) is 0. The van der Waals surface area contributed by atoms with Crippen molar-refractivity contribution < 1.29 is 17.0 Å². The predicted octanol–water partition coefficient (Wildman–Crippen LogP) is 3.02. The Morgan fingerprint density at radius 3 is 2.52 bits per heavy atom. The summed E-state index contributed by atoms with van der Waals surface area (Å²) >= 11 is 1.62. The Morgan fingerprint density at radius 1 is 1.00 bits per heavy atom. The topological polar surface area (TPSA) is 33.5 Å². The molecular formula is C21H21ClN4S. The molecule has 27 heavy (non-hydrogen) atoms. The van der Waals surface area contributed by atoms with Gasteiger partial charge in [0, 0.05) is 23.4 Å². The maximum absolute atomic E-state index is 4.71. The SMILES string of the molecule is CCC[n+]1ccsc1/N=N/c1c(-c2ccccc2)n(C)c2ccccc12.[Cl-]. The van der Waals surface area contributed by atoms with Gasteiger partial charge in [-0.25, -0.2) is 4.57 Å². The van der Waals surface area contributed by atoms with Gasteiger partial charge in [-0.15, -0.1) is 0 Å². The van der Waals surface area contributed by atoms with Crippen molar-refractivity contribution in [3.05, 3.63) is 66.2 Å². The van der Waals surface area contributed by atoms with Crippen molar-refractivity contribution in [3.8, 4) is 11.3 Å². The molecule has 6 heteroatoms. The monoisotopic (exact) mass is 396 g/mol. The number of aromatic nitrogens is 2. The van der Waals surface area contributed by atoms with Crippen LogP contribution in [0.3, 0.4) is 0 Å². The summed E-state index contributed by atoms with van der Waals surface area (Å²) in [5, 5.41) is 13.4. The molecule has 0 N–H and O–H groups in total. The van der Waals surface area contributed by atoms with E-state index in [1.54, 1.807) is 11.3 Å². The molecule has 0 aliphatic heterocycles. The molecule has 0 fully saturated rings. The molecule has 0 saturated carbocycles. The van der Waals surface area contributed by atoms with E-state index in [0.29, 0.717) is 0 Å². The van der Waals surface area contributed by atoms with Gasteiger partial charge in [0.15, 0.2) is 0 Å². The highest BCUT2D eigenvalue weighted by atomic mass is 35.5. The largest absolute Gasteiger partial charge is 1.00 e. The first-order valence-electron chi connectivity index (χ1n) is 8.81. The molecule has 2 aromatic carbocycles. The van der Waals surface area contributed by atoms with Crippen LogP contribution in [-0.2, 0) is 13.6 Å². The summed E-state index contributed by atoms with van der Waals surface area (Å²) in [6.45, 7) is 3.13. The number of benzene rings is 2. The molecule has 4 rings (SSSR count). The molecule has 0 unspecified atom stereocenters. The lowest BCUT2D eigenvalue weighted by Gasteiger charge is -2.04. The third kappa shape index (κ3) is 3.66. The van der Waals surface area contributed by atoms with Gasteiger partial charge in [0.2, 0.25) is 0 Å². The van der Waals surface area contributed by atoms with E-state index in [0.717, 1.165) is 45.9 Å². The fraction of sp³-hybridized carbons (Fsp3) is 0.190. The second-order valence-corrected chi connectivity index (χ2v) is 7.09. The van der Waals surface area contributed by atoms with Gasteiger partial charge >= 0.3 is 5.13 Å². The molecule has 0 aliphatic rings. The van der Waals surface area contributed by atoms with Crippen LogP contribution in [0.15, 0.2) is 76.4 Å². The Kier molecular flexibility index (Phi) is 6.04. The van der Waals surface area contributed by atoms with Gasteiger partial charge < -0.3 is 17.0 Å². The average Bonchev–Trinajstić information content (AvgIpc) is 3.23. The van der Waals surface area contributed by atoms with Crippen molar-refractivity contribution in [2.24, 2.45) is 17.3 Å². The zero-order valence-corrected chi connectivity index (χ0v) is 16.9. The smallest absolute Gasteiger partial charge is 0.408 e. The molecule has 2 heterocycles. The molecule has 0 aliphatic carbocycles. The molecule has 0 radical (unpaired) electrons. The van der Waals surface area contributed by atoms with Crippen molar-refractivity contribution in [3.63, 3.8) is 0 Å². The summed E-state index contributed by atoms with van der Waals surface area (Å²) in [7, 11) is 2.09. The zero-order valence-electron chi connectivity index (χ0n) is 15.3. The Balaban J connectivity index is 0.00000210. The molecule has 0 atom stereocenters. The molecule has 0 spiro atoms. The van der Waals surface area contributed by atoms with E-state index >= 15 is 0 Å². The van der Waals surface area contributed by atoms with Crippen LogP contribution in [0, 0.1) is 0 Å². The number of azo groups is 1. The minimum Gasteiger partial charge on any atom is -1.00 e. The van der Waals surface area contributed by atoms with Crippen molar-refractivity contribution in [2.75, 3.05) is 0 Å². The number of para-hydroxylation sites is 1. The second-order valence-electron chi connectivity index (χ2n) is 6.22. The van der Waals surface area contributed by atoms with Crippen LogP contribution in [-0.4, -0.2) is 4.57 Å². The summed E-state index contributed by atoms with van der Waals surface area (Å²) in [6.07, 6.45) is 3.15. The average molecular weight is 397 g/mol. The summed E-state index contributed by atoms with van der Waals surface area (Å²) in [5.74, 6) is 0. The fourth-order valence-electron chi connectivity index (χ4n) is 3.28. The lowest BCUT2D eigenvalue weighted by molar-refractivity contribution is -0.680. The fourth-order valence-corrected chi connectivity index (χ4v) is 3.99. The van der Waals surface area contributed by atoms with E-state index in [4.69, 9.17) is 5.11 Å². The van der Waals surface area contributed by atoms with Crippen LogP contribution in [0.1, 0.15) is 13.3 Å². The van der Waals surface area contributed by atoms with Gasteiger partial charge in [-0.3, -0.25) is 0 Å². The van der Waals surface area contributed by atoms with Crippen LogP contribution in [0.4, 0.5) is 10.8 Å². The molecule has 4 aromatic rings. The number of fused-ring (bicyclic) bond motifs is 1. The molecule has 0 saturated heterocycles. The van der Waals surface area contributed by atoms with E-state index in [-0.39, 0.29) is 12.4 Å². The molecular weight excluding hydrogens is 376 g/mol. The van der Waals surface area contributed by atoms with Crippen molar-refractivity contribution >= 4 is 33.1 Å². The number of rotatable bonds is 5. The normalized spacial score (nSPS) is 11.2. The quantitative estimate of drug-likeness (QED) is 0.367. The Labute approximate surface area is 169 Å². The summed E-state index contributed by atoms with van der Waals surface area (Å²) in [6, 6.07) is 18.8. The maximum Gasteiger partial charge on any atom is 0.408 e. The van der Waals surface area contributed by atoms with Crippen LogP contribution >= 0.6 is 11.3 Å². The second kappa shape index (κ2) is 8.46. The minimum atomic E-state index is 0. The van der Waals surface area contributed by atoms with E-state index in [9.17, 15) is 0 Å². The molecule has 4 nitrogen and oxygen atoms in total. The third-order valence-corrected chi connectivity index (χ3v) is 5.27. The van der Waals surface area contributed by atoms with E-state index < -0.39 is 0 Å². The highest BCUT2D eigenvalue weighted by Crippen LogP contribution is 2.40. The number of hydrogen-bond acceptors (Lipinski definition) is 3. The van der Waals surface area contributed by atoms with Crippen molar-refractivity contribution in [2.45, 2.75) is 19.9 Å². The molecule has 138 valence electrons. The van der Waals surface area contributed by atoms with Crippen LogP contribution in [0.5, 0.6) is 0 Å². The first kappa shape index (κ1) is 19.3. The molecule has 0 bridgehead atoms. The van der Waals surface area contributed by atoms with Crippen LogP contribution in [0.25, 0.3) is 22.2 Å². The summed E-state index contributed by atoms with van der Waals surface area (Å²) < 4.78 is 4.36. The number of halogens is 1. The lowest BCUT2D eigenvalue weighted by Crippen LogP contribution is -3.00. The Bertz CT molecular complexity index is 1070. The highest BCUT2D eigenvalue weighted by molar-refractivity contribution is 7.12. The van der Waals surface area contributed by atoms with Crippen molar-refractivity contribution in [1.29, 1.82) is 0 Å². The number of hydrogen-bond donors (Lipinski definition) is 0. The number of aryl methyl sites for hydroxylation is 2. The predicted molar refractivity (Wildman–Crippen MR) is 107 cm³/mol. The standard InChI is InChI=1S/C21H21N4S.ClH/c1-3-13-25-14-15-26-21(25)23-22-19-17-11-7-8-12-18(17)24(2)20(19)16-9-5-4-6-10-16;/h4-12,14-15H,3,13H2,1-2H3;1H/q+1;/p-1. The number of thiazole rings is 1. The first-order valence-corrected chi connectivity index (χ1v) is 9.69. The van der Waals surface area contributed by atoms with E-state index in [2.05, 4.69) is 88.3 Å². The number of nitrogens with zero attached hydrogens (tertiary/aromatic N) is 4. The minimum absolute atomic E-state index is 0. The van der Waals surface area contributed by atoms with E-state index in [1.807, 2.05) is 6.07 Å². The van der Waals surface area contributed by atoms with Gasteiger partial charge in [0.05, 0.1) is 22.9 Å². The van der Waals surface area contributed by atoms with Gasteiger partial charge in [0.1, 0.15) is 11.9 Å². The van der Waals surface area contributed by atoms with Crippen LogP contribution in [0.2, 0.25) is 0 Å². The van der Waals surface area contributed by atoms with Crippen LogP contribution < -0.4 is 17.0 Å². The highest BCUT2D eigenvalue weighted by Gasteiger charge is 2.19. The third-order valence-electron chi connectivity index (χ3n) is 4.49. The van der Waals surface area contributed by atoms with Gasteiger partial charge in [-0.2, -0.15) is 0 Å². The van der Waals surface area contributed by atoms with E-state index in [1.165, 1.54) is 0 Å². The Morgan fingerprint density at radius 2 is 1.74 bits per heavy atom. The summed E-state index contributed by atoms with van der Waals surface area (Å²) in [5.41, 5.74) is 4.32. The molecule has 2 aromatic heterocycles. The Hall–Kier alpha value is -2.50. The zero-order chi connectivity index (χ0) is 17.9.